The Hall–Kier alpha value is -3.16. The van der Waals surface area contributed by atoms with E-state index in [4.69, 9.17) is 21.1 Å². The Morgan fingerprint density at radius 3 is 2.19 bits per heavy atom. The monoisotopic (exact) mass is 456 g/mol. The van der Waals surface area contributed by atoms with Crippen LogP contribution in [0, 0.1) is 0 Å². The number of hydrogen-bond donors (Lipinski definition) is 2. The number of thioether (sulfide) groups is 1. The van der Waals surface area contributed by atoms with E-state index in [1.165, 1.54) is 14.2 Å². The molecule has 0 fully saturated rings. The number of hydrogen-bond acceptors (Lipinski definition) is 5. The zero-order chi connectivity index (χ0) is 22.2. The van der Waals surface area contributed by atoms with Gasteiger partial charge in [-0.05, 0) is 54.1 Å². The lowest BCUT2D eigenvalue weighted by Crippen LogP contribution is -2.41. The highest BCUT2D eigenvalue weighted by atomic mass is 35.5. The molecule has 0 unspecified atom stereocenters. The van der Waals surface area contributed by atoms with Crippen LogP contribution >= 0.6 is 23.4 Å². The van der Waals surface area contributed by atoms with E-state index in [1.807, 2.05) is 36.4 Å². The first-order valence-electron chi connectivity index (χ1n) is 9.31. The lowest BCUT2D eigenvalue weighted by atomic mass is 10.1. The van der Waals surface area contributed by atoms with Crippen molar-refractivity contribution >= 4 is 35.2 Å². The van der Waals surface area contributed by atoms with Crippen molar-refractivity contribution in [3.63, 3.8) is 0 Å². The Labute approximate surface area is 189 Å². The number of nitrogens with one attached hydrogen (secondary N) is 2. The predicted octanol–water partition coefficient (Wildman–Crippen LogP) is 4.72. The lowest BCUT2D eigenvalue weighted by molar-refractivity contribution is 0.0844. The molecule has 3 aromatic rings. The van der Waals surface area contributed by atoms with Crippen molar-refractivity contribution in [1.82, 2.24) is 10.9 Å². The molecule has 0 spiro atoms. The van der Waals surface area contributed by atoms with Gasteiger partial charge in [0, 0.05) is 21.2 Å². The third-order valence-electron chi connectivity index (χ3n) is 4.37. The average molecular weight is 457 g/mol. The third kappa shape index (κ3) is 5.93. The molecule has 8 heteroatoms. The van der Waals surface area contributed by atoms with Gasteiger partial charge in [0.1, 0.15) is 0 Å². The van der Waals surface area contributed by atoms with Gasteiger partial charge in [0.25, 0.3) is 11.8 Å². The summed E-state index contributed by atoms with van der Waals surface area (Å²) >= 11 is 7.58. The summed E-state index contributed by atoms with van der Waals surface area (Å²) in [6.07, 6.45) is 0. The molecular formula is C23H21ClN2O4S. The normalized spacial score (nSPS) is 10.3. The van der Waals surface area contributed by atoms with Crippen LogP contribution in [0.3, 0.4) is 0 Å². The van der Waals surface area contributed by atoms with Crippen molar-refractivity contribution < 1.29 is 19.1 Å². The zero-order valence-electron chi connectivity index (χ0n) is 17.0. The summed E-state index contributed by atoms with van der Waals surface area (Å²) < 4.78 is 10.4. The average Bonchev–Trinajstić information content (AvgIpc) is 2.81. The second-order valence-electron chi connectivity index (χ2n) is 6.39. The van der Waals surface area contributed by atoms with Crippen LogP contribution < -0.4 is 20.3 Å². The van der Waals surface area contributed by atoms with Gasteiger partial charge >= 0.3 is 0 Å². The lowest BCUT2D eigenvalue weighted by Gasteiger charge is -2.13. The molecule has 0 saturated heterocycles. The first-order chi connectivity index (χ1) is 15.0. The van der Waals surface area contributed by atoms with Gasteiger partial charge in [0.2, 0.25) is 0 Å². The Morgan fingerprint density at radius 2 is 1.55 bits per heavy atom. The SMILES string of the molecule is COc1cccc(C(=O)NNC(=O)c2ccc(CSc3ccc(Cl)cc3)cc2)c1OC. The van der Waals surface area contributed by atoms with Gasteiger partial charge in [0.15, 0.2) is 11.5 Å². The van der Waals surface area contributed by atoms with Crippen molar-refractivity contribution in [2.75, 3.05) is 14.2 Å². The number of carbonyl (C=O) groups excluding carboxylic acids is 2. The second-order valence-corrected chi connectivity index (χ2v) is 7.87. The van der Waals surface area contributed by atoms with Gasteiger partial charge in [-0.2, -0.15) is 0 Å². The van der Waals surface area contributed by atoms with Gasteiger partial charge in [-0.15, -0.1) is 11.8 Å². The quantitative estimate of drug-likeness (QED) is 0.397. The van der Waals surface area contributed by atoms with Crippen molar-refractivity contribution in [3.05, 3.63) is 88.4 Å². The summed E-state index contributed by atoms with van der Waals surface area (Å²) in [5.41, 5.74) is 6.56. The number of ether oxygens (including phenoxy) is 2. The molecular weight excluding hydrogens is 436 g/mol. The van der Waals surface area contributed by atoms with Gasteiger partial charge in [-0.1, -0.05) is 29.8 Å². The number of benzene rings is 3. The van der Waals surface area contributed by atoms with E-state index in [9.17, 15) is 9.59 Å². The van der Waals surface area contributed by atoms with Crippen LogP contribution in [0.15, 0.2) is 71.6 Å². The number of methoxy groups -OCH3 is 2. The predicted molar refractivity (Wildman–Crippen MR) is 122 cm³/mol. The molecule has 160 valence electrons. The van der Waals surface area contributed by atoms with E-state index in [1.54, 1.807) is 42.1 Å². The molecule has 0 bridgehead atoms. The van der Waals surface area contributed by atoms with Crippen LogP contribution in [-0.2, 0) is 5.75 Å². The summed E-state index contributed by atoms with van der Waals surface area (Å²) in [5.74, 6) is 0.538. The van der Waals surface area contributed by atoms with Crippen LogP contribution in [0.2, 0.25) is 5.02 Å². The molecule has 0 aliphatic carbocycles. The largest absolute Gasteiger partial charge is 0.493 e. The van der Waals surface area contributed by atoms with Crippen LogP contribution in [0.1, 0.15) is 26.3 Å². The van der Waals surface area contributed by atoms with Crippen LogP contribution in [-0.4, -0.2) is 26.0 Å². The molecule has 3 aromatic carbocycles. The first-order valence-corrected chi connectivity index (χ1v) is 10.7. The highest BCUT2D eigenvalue weighted by Gasteiger charge is 2.17. The summed E-state index contributed by atoms with van der Waals surface area (Å²) in [6.45, 7) is 0. The molecule has 3 rings (SSSR count). The minimum Gasteiger partial charge on any atom is -0.493 e. The number of carbonyl (C=O) groups is 2. The van der Waals surface area contributed by atoms with E-state index >= 15 is 0 Å². The topological polar surface area (TPSA) is 76.7 Å². The fourth-order valence-electron chi connectivity index (χ4n) is 2.77. The van der Waals surface area contributed by atoms with Crippen LogP contribution in [0.4, 0.5) is 0 Å². The summed E-state index contributed by atoms with van der Waals surface area (Å²) in [5, 5.41) is 0.705. The fraction of sp³-hybridized carbons (Fsp3) is 0.130. The Kier molecular flexibility index (Phi) is 7.81. The van der Waals surface area contributed by atoms with E-state index in [-0.39, 0.29) is 5.56 Å². The molecule has 0 atom stereocenters. The standard InChI is InChI=1S/C23H21ClN2O4S/c1-29-20-5-3-4-19(21(20)30-2)23(28)26-25-22(27)16-8-6-15(7-9-16)14-31-18-12-10-17(24)11-13-18/h3-13H,14H2,1-2H3,(H,25,27)(H,26,28). The highest BCUT2D eigenvalue weighted by Crippen LogP contribution is 2.30. The van der Waals surface area contributed by atoms with Crippen molar-refractivity contribution in [2.24, 2.45) is 0 Å². The van der Waals surface area contributed by atoms with Crippen molar-refractivity contribution in [3.8, 4) is 11.5 Å². The number of amides is 2. The van der Waals surface area contributed by atoms with Gasteiger partial charge in [-0.25, -0.2) is 0 Å². The Morgan fingerprint density at radius 1 is 0.871 bits per heavy atom. The second kappa shape index (κ2) is 10.7. The summed E-state index contributed by atoms with van der Waals surface area (Å²) in [6, 6.07) is 19.8. The van der Waals surface area contributed by atoms with Gasteiger partial charge < -0.3 is 9.47 Å². The molecule has 0 aliphatic heterocycles. The number of hydrazine groups is 1. The molecule has 31 heavy (non-hydrogen) atoms. The fourth-order valence-corrected chi connectivity index (χ4v) is 3.75. The van der Waals surface area contributed by atoms with E-state index in [0.29, 0.717) is 22.1 Å². The zero-order valence-corrected chi connectivity index (χ0v) is 18.5. The Balaban J connectivity index is 1.56. The molecule has 2 N–H and O–H groups in total. The maximum Gasteiger partial charge on any atom is 0.273 e. The number of para-hydroxylation sites is 1. The smallest absolute Gasteiger partial charge is 0.273 e. The minimum absolute atomic E-state index is 0.247. The van der Waals surface area contributed by atoms with Crippen molar-refractivity contribution in [2.45, 2.75) is 10.6 Å². The van der Waals surface area contributed by atoms with E-state index < -0.39 is 11.8 Å². The molecule has 0 radical (unpaired) electrons. The minimum atomic E-state index is -0.514. The molecule has 2 amide bonds. The Bertz CT molecular complexity index is 1060. The van der Waals surface area contributed by atoms with Crippen LogP contribution in [0.5, 0.6) is 11.5 Å². The maximum atomic E-state index is 12.5. The number of rotatable bonds is 7. The molecule has 0 saturated carbocycles. The molecule has 0 aliphatic rings. The molecule has 6 nitrogen and oxygen atoms in total. The van der Waals surface area contributed by atoms with Crippen molar-refractivity contribution in [1.29, 1.82) is 0 Å². The first kappa shape index (κ1) is 22.5. The van der Waals surface area contributed by atoms with E-state index in [2.05, 4.69) is 10.9 Å². The highest BCUT2D eigenvalue weighted by molar-refractivity contribution is 7.98. The summed E-state index contributed by atoms with van der Waals surface area (Å²) in [4.78, 5) is 25.9. The van der Waals surface area contributed by atoms with Gasteiger partial charge in [0.05, 0.1) is 19.8 Å². The summed E-state index contributed by atoms with van der Waals surface area (Å²) in [7, 11) is 2.93. The third-order valence-corrected chi connectivity index (χ3v) is 5.71. The molecule has 0 aromatic heterocycles. The van der Waals surface area contributed by atoms with Gasteiger partial charge in [-0.3, -0.25) is 20.4 Å². The maximum absolute atomic E-state index is 12.5. The van der Waals surface area contributed by atoms with E-state index in [0.717, 1.165) is 16.2 Å². The molecule has 0 heterocycles. The number of halogens is 1. The van der Waals surface area contributed by atoms with Crippen LogP contribution in [0.25, 0.3) is 0 Å².